The van der Waals surface area contributed by atoms with Crippen molar-refractivity contribution in [1.29, 1.82) is 0 Å². The van der Waals surface area contributed by atoms with Gasteiger partial charge in [-0.15, -0.1) is 0 Å². The first-order valence-corrected chi connectivity index (χ1v) is 20.5. The van der Waals surface area contributed by atoms with E-state index in [1.165, 1.54) is 34.2 Å². The Hall–Kier alpha value is -6.61. The smallest absolute Gasteiger partial charge is 0.317 e. The van der Waals surface area contributed by atoms with Gasteiger partial charge in [0.15, 0.2) is 11.5 Å². The van der Waals surface area contributed by atoms with Crippen molar-refractivity contribution in [2.24, 2.45) is 16.7 Å². The highest BCUT2D eigenvalue weighted by Gasteiger charge is 2.49. The molecule has 6 bridgehead atoms. The van der Waals surface area contributed by atoms with Crippen molar-refractivity contribution < 1.29 is 27.4 Å². The molecular formula is C41H44F3N15O3. The molecule has 0 radical (unpaired) electrons. The fraction of sp³-hybridized carbons (Fsp3) is 0.415. The number of amides is 1. The number of hydrazine groups is 1. The maximum absolute atomic E-state index is 15.5. The van der Waals surface area contributed by atoms with Crippen LogP contribution in [0.4, 0.5) is 24.9 Å². The summed E-state index contributed by atoms with van der Waals surface area (Å²) in [5.41, 5.74) is 7.85. The molecule has 4 N–H and O–H groups in total. The summed E-state index contributed by atoms with van der Waals surface area (Å²) in [4.78, 5) is 44.6. The summed E-state index contributed by atoms with van der Waals surface area (Å²) in [5.74, 6) is 5.32. The molecule has 0 saturated carbocycles. The van der Waals surface area contributed by atoms with Crippen molar-refractivity contribution in [3.05, 3.63) is 72.1 Å². The van der Waals surface area contributed by atoms with Crippen molar-refractivity contribution in [2.45, 2.75) is 82.5 Å². The number of hydrazone groups is 1. The summed E-state index contributed by atoms with van der Waals surface area (Å²) in [5, 5.41) is 10.4. The number of likely N-dealkylation sites (N-methyl/N-ethyl adjacent to an activating group) is 1. The number of halogens is 3. The van der Waals surface area contributed by atoms with Crippen LogP contribution in [0.1, 0.15) is 38.4 Å². The van der Waals surface area contributed by atoms with Gasteiger partial charge >= 0.3 is 6.01 Å². The van der Waals surface area contributed by atoms with Crippen LogP contribution in [0.25, 0.3) is 39.0 Å². The third kappa shape index (κ3) is 6.75. The molecule has 10 rings (SSSR count). The highest BCUT2D eigenvalue weighted by atomic mass is 19.1. The van der Waals surface area contributed by atoms with Gasteiger partial charge in [0.2, 0.25) is 11.9 Å². The second-order valence-corrected chi connectivity index (χ2v) is 16.2. The molecule has 8 heterocycles. The standard InChI is InChI=1S/C41H44F3N15O3/c1-4-61-28-17-54(3)39(60)35-15-27(62-41-47-8-7-32(51-41)29-9-23(43)11-33-36(29)55(19-28)21(2)50-33)18-56(35)37-30-16-48-58(34-6-5-22(42)10-31(34)44)38(30)53-40(52-37)57-24-12-25(57)14-26(13-24)59(46)49-20-45/h5-11,16,20,24-28,35H,4,12-15,17-19,46H2,1-3H3,(H2,45,49)/t24-,25+,26?,27-,28-,35-/m0/s1. The molecule has 21 heteroatoms. The normalized spacial score (nSPS) is 23.8. The monoisotopic (exact) mass is 851 g/mol. The van der Waals surface area contributed by atoms with E-state index in [1.807, 2.05) is 23.3 Å². The van der Waals surface area contributed by atoms with Gasteiger partial charge in [0, 0.05) is 62.6 Å². The number of aryl methyl sites for hydroxylation is 1. The van der Waals surface area contributed by atoms with E-state index < -0.39 is 35.7 Å². The zero-order valence-electron chi connectivity index (χ0n) is 34.1. The second-order valence-electron chi connectivity index (χ2n) is 16.2. The van der Waals surface area contributed by atoms with Gasteiger partial charge in [-0.3, -0.25) is 4.79 Å². The number of imidazole rings is 1. The number of fused-ring (bicyclic) bond motifs is 8. The molecule has 322 valence electrons. The Morgan fingerprint density at radius 1 is 1.00 bits per heavy atom. The number of piperidine rings is 1. The van der Waals surface area contributed by atoms with E-state index in [1.54, 1.807) is 24.2 Å². The topological polar surface area (TPSA) is 200 Å². The van der Waals surface area contributed by atoms with Crippen LogP contribution in [0.3, 0.4) is 0 Å². The number of anilines is 2. The number of carbonyl (C=O) groups excluding carboxylic acids is 1. The zero-order chi connectivity index (χ0) is 43.0. The quantitative estimate of drug-likeness (QED) is 0.102. The van der Waals surface area contributed by atoms with Crippen LogP contribution in [0.2, 0.25) is 0 Å². The van der Waals surface area contributed by atoms with Gasteiger partial charge in [-0.25, -0.2) is 38.8 Å². The van der Waals surface area contributed by atoms with Crippen LogP contribution in [0, 0.1) is 24.4 Å². The molecule has 4 aliphatic heterocycles. The van der Waals surface area contributed by atoms with Crippen molar-refractivity contribution in [3.63, 3.8) is 0 Å². The zero-order valence-corrected chi connectivity index (χ0v) is 34.1. The van der Waals surface area contributed by atoms with E-state index >= 15 is 8.78 Å². The van der Waals surface area contributed by atoms with Crippen LogP contribution < -0.4 is 26.1 Å². The number of ether oxygens (including phenoxy) is 2. The molecule has 1 unspecified atom stereocenters. The summed E-state index contributed by atoms with van der Waals surface area (Å²) in [6.07, 6.45) is 5.52. The van der Waals surface area contributed by atoms with Gasteiger partial charge in [0.1, 0.15) is 47.4 Å². The van der Waals surface area contributed by atoms with Crippen LogP contribution >= 0.6 is 0 Å². The minimum Gasteiger partial charge on any atom is -0.458 e. The number of hydrogen-bond donors (Lipinski definition) is 2. The van der Waals surface area contributed by atoms with Crippen LogP contribution in [-0.2, 0) is 16.1 Å². The highest BCUT2D eigenvalue weighted by Crippen LogP contribution is 2.44. The number of nitrogens with two attached hydrogens (primary N) is 2. The van der Waals surface area contributed by atoms with E-state index in [9.17, 15) is 9.18 Å². The van der Waals surface area contributed by atoms with E-state index in [0.717, 1.165) is 24.9 Å². The minimum absolute atomic E-state index is 0.00215. The van der Waals surface area contributed by atoms with E-state index in [-0.39, 0.29) is 60.9 Å². The molecule has 3 saturated heterocycles. The summed E-state index contributed by atoms with van der Waals surface area (Å²) >= 11 is 0. The SMILES string of the molecule is CCO[C@H]1CN(C)C(=O)[C@@H]2C[C@@H](CN2c2nc(N3[C@@H]4CC(N(N)/N=C\N)C[C@H]3C4)nc3c2cnn3-c2ccc(F)cc2F)Oc2nccc(n2)-c2cc(F)cc3nc(C)n(c23)C1. The van der Waals surface area contributed by atoms with E-state index in [0.29, 0.717) is 71.3 Å². The van der Waals surface area contributed by atoms with Crippen LogP contribution in [0.5, 0.6) is 6.01 Å². The first-order valence-electron chi connectivity index (χ1n) is 20.5. The van der Waals surface area contributed by atoms with Crippen molar-refractivity contribution in [1.82, 2.24) is 49.3 Å². The number of carbonyl (C=O) groups is 1. The minimum atomic E-state index is -0.829. The fourth-order valence-electron chi connectivity index (χ4n) is 9.67. The summed E-state index contributed by atoms with van der Waals surface area (Å²) in [7, 11) is 1.73. The molecule has 1 amide bonds. The first-order chi connectivity index (χ1) is 30.0. The van der Waals surface area contributed by atoms with Gasteiger partial charge in [-0.05, 0) is 57.4 Å². The maximum atomic E-state index is 15.5. The third-order valence-electron chi connectivity index (χ3n) is 12.4. The van der Waals surface area contributed by atoms with Gasteiger partial charge < -0.3 is 34.5 Å². The first kappa shape index (κ1) is 39.5. The van der Waals surface area contributed by atoms with Crippen LogP contribution in [-0.4, -0.2) is 125 Å². The molecule has 4 aliphatic rings. The number of aromatic nitrogens is 8. The third-order valence-corrected chi connectivity index (χ3v) is 12.4. The Morgan fingerprint density at radius 3 is 2.60 bits per heavy atom. The Labute approximate surface area is 352 Å². The molecule has 3 fully saturated rings. The molecule has 18 nitrogen and oxygen atoms in total. The van der Waals surface area contributed by atoms with Crippen molar-refractivity contribution >= 4 is 46.1 Å². The molecule has 2 aromatic carbocycles. The van der Waals surface area contributed by atoms with Crippen LogP contribution in [0.15, 0.2) is 53.9 Å². The summed E-state index contributed by atoms with van der Waals surface area (Å²) < 4.78 is 60.9. The number of benzene rings is 2. The predicted molar refractivity (Wildman–Crippen MR) is 222 cm³/mol. The number of hydrogen-bond acceptors (Lipinski definition) is 14. The average molecular weight is 852 g/mol. The molecule has 6 aromatic rings. The summed E-state index contributed by atoms with van der Waals surface area (Å²) in [6, 6.07) is 6.91. The Morgan fingerprint density at radius 2 is 1.82 bits per heavy atom. The number of nitrogens with zero attached hydrogens (tertiary/aromatic N) is 13. The van der Waals surface area contributed by atoms with Gasteiger partial charge in [-0.2, -0.15) is 25.2 Å². The Bertz CT molecular complexity index is 2730. The highest BCUT2D eigenvalue weighted by molar-refractivity contribution is 5.94. The maximum Gasteiger partial charge on any atom is 0.317 e. The van der Waals surface area contributed by atoms with E-state index in [2.05, 4.69) is 25.1 Å². The number of rotatable bonds is 7. The Balaban J connectivity index is 1.09. The van der Waals surface area contributed by atoms with Crippen molar-refractivity contribution in [3.8, 4) is 23.0 Å². The molecule has 4 aromatic heterocycles. The lowest BCUT2D eigenvalue weighted by atomic mass is 9.77. The lowest BCUT2D eigenvalue weighted by molar-refractivity contribution is -0.133. The molecule has 62 heavy (non-hydrogen) atoms. The molecule has 0 aliphatic carbocycles. The predicted octanol–water partition coefficient (Wildman–Crippen LogP) is 3.44. The fourth-order valence-corrected chi connectivity index (χ4v) is 9.67. The lowest BCUT2D eigenvalue weighted by Crippen LogP contribution is -2.65. The van der Waals surface area contributed by atoms with Crippen molar-refractivity contribution in [2.75, 3.05) is 36.5 Å². The lowest BCUT2D eigenvalue weighted by Gasteiger charge is -2.56. The Kier molecular flexibility index (Phi) is 9.81. The van der Waals surface area contributed by atoms with Gasteiger partial charge in [0.05, 0.1) is 53.5 Å². The van der Waals surface area contributed by atoms with E-state index in [4.69, 9.17) is 36.0 Å². The largest absolute Gasteiger partial charge is 0.458 e. The molecule has 6 atom stereocenters. The van der Waals surface area contributed by atoms with Gasteiger partial charge in [0.25, 0.3) is 0 Å². The second kappa shape index (κ2) is 15.4. The van der Waals surface area contributed by atoms with Gasteiger partial charge in [-0.1, -0.05) is 0 Å². The average Bonchev–Trinajstić information content (AvgIpc) is 3.95. The molecule has 0 spiro atoms. The molecular weight excluding hydrogens is 808 g/mol. The summed E-state index contributed by atoms with van der Waals surface area (Å²) in [6.45, 7) is 4.80.